The lowest BCUT2D eigenvalue weighted by atomic mass is 9.86. The van der Waals surface area contributed by atoms with Crippen LogP contribution in [-0.2, 0) is 11.3 Å². The largest absolute Gasteiger partial charge is 0.465 e. The third-order valence-electron chi connectivity index (χ3n) is 6.69. The molecule has 0 aliphatic carbocycles. The molecule has 0 radical (unpaired) electrons. The van der Waals surface area contributed by atoms with E-state index >= 15 is 0 Å². The lowest BCUT2D eigenvalue weighted by molar-refractivity contribution is -0.129. The maximum absolute atomic E-state index is 12.7. The van der Waals surface area contributed by atoms with Gasteiger partial charge in [-0.3, -0.25) is 4.68 Å². The van der Waals surface area contributed by atoms with E-state index in [1.165, 1.54) is 4.90 Å². The van der Waals surface area contributed by atoms with Gasteiger partial charge >= 0.3 is 12.0 Å². The van der Waals surface area contributed by atoms with Gasteiger partial charge < -0.3 is 14.9 Å². The van der Waals surface area contributed by atoms with Gasteiger partial charge in [-0.2, -0.15) is 5.10 Å². The van der Waals surface area contributed by atoms with Crippen LogP contribution in [0.15, 0.2) is 30.6 Å². The van der Waals surface area contributed by atoms with Gasteiger partial charge in [-0.1, -0.05) is 0 Å². The second-order valence-electron chi connectivity index (χ2n) is 8.83. The summed E-state index contributed by atoms with van der Waals surface area (Å²) in [5, 5.41) is 14.3. The summed E-state index contributed by atoms with van der Waals surface area (Å²) < 4.78 is 2.09. The van der Waals surface area contributed by atoms with Crippen molar-refractivity contribution < 1.29 is 14.7 Å². The molecule has 8 nitrogen and oxygen atoms in total. The molecule has 3 rings (SSSR count). The summed E-state index contributed by atoms with van der Waals surface area (Å²) in [6.07, 6.45) is 3.51. The molecular weight excluding hydrogens is 394 g/mol. The summed E-state index contributed by atoms with van der Waals surface area (Å²) in [6.45, 7) is 7.56. The molecular formula is C23H34N5O3+. The molecule has 0 bridgehead atoms. The van der Waals surface area contributed by atoms with Gasteiger partial charge in [-0.25, -0.2) is 14.1 Å². The molecule has 0 saturated carbocycles. The summed E-state index contributed by atoms with van der Waals surface area (Å²) in [7, 11) is 5.99. The van der Waals surface area contributed by atoms with E-state index in [2.05, 4.69) is 10.00 Å². The number of carbonyl (C=O) groups excluding carboxylic acids is 1. The zero-order chi connectivity index (χ0) is 22.9. The molecule has 1 unspecified atom stereocenters. The zero-order valence-electron chi connectivity index (χ0n) is 19.4. The lowest BCUT2D eigenvalue weighted by Crippen LogP contribution is -2.60. The van der Waals surface area contributed by atoms with Crippen molar-refractivity contribution in [2.45, 2.75) is 45.8 Å². The Morgan fingerprint density at radius 1 is 1.29 bits per heavy atom. The van der Waals surface area contributed by atoms with Gasteiger partial charge in [0, 0.05) is 42.9 Å². The Bertz CT molecular complexity index is 970. The number of nitrogens with zero attached hydrogens (tertiary/aromatic N) is 5. The lowest BCUT2D eigenvalue weighted by Gasteiger charge is -2.45. The standard InChI is InChI=1S/C23H33N5O3/c1-7-27(23(30)31)21-12-16(2)28(6,17(3)29)22-9-8-18(13-20(21)22)19-14-24-26(15-19)11-10-25(4)5/h8-9,13-16,21H,7,10-12H2,1-6H3/p+1/t16-,21?,28+/m0/s1. The van der Waals surface area contributed by atoms with Crippen LogP contribution in [0.4, 0.5) is 10.5 Å². The molecule has 2 aromatic rings. The summed E-state index contributed by atoms with van der Waals surface area (Å²) in [5.74, 6) is 0.0508. The van der Waals surface area contributed by atoms with E-state index in [0.29, 0.717) is 13.0 Å². The Morgan fingerprint density at radius 3 is 2.58 bits per heavy atom. The predicted octanol–water partition coefficient (Wildman–Crippen LogP) is 3.43. The van der Waals surface area contributed by atoms with E-state index in [9.17, 15) is 14.7 Å². The second-order valence-corrected chi connectivity index (χ2v) is 8.83. The summed E-state index contributed by atoms with van der Waals surface area (Å²) >= 11 is 0. The van der Waals surface area contributed by atoms with Crippen molar-refractivity contribution >= 4 is 17.7 Å². The highest BCUT2D eigenvalue weighted by Gasteiger charge is 2.47. The van der Waals surface area contributed by atoms with Crippen molar-refractivity contribution in [1.29, 1.82) is 0 Å². The molecule has 1 aliphatic heterocycles. The van der Waals surface area contributed by atoms with Crippen molar-refractivity contribution in [2.24, 2.45) is 0 Å². The highest BCUT2D eigenvalue weighted by Crippen LogP contribution is 2.45. The molecule has 1 N–H and O–H groups in total. The maximum Gasteiger partial charge on any atom is 0.407 e. The van der Waals surface area contributed by atoms with Gasteiger partial charge in [0.2, 0.25) is 0 Å². The van der Waals surface area contributed by atoms with Crippen LogP contribution in [0, 0.1) is 0 Å². The molecule has 3 atom stereocenters. The molecule has 1 aromatic carbocycles. The van der Waals surface area contributed by atoms with E-state index in [0.717, 1.165) is 35.5 Å². The van der Waals surface area contributed by atoms with Crippen LogP contribution in [0.1, 0.15) is 38.8 Å². The number of carbonyl (C=O) groups is 2. The number of hydrogen-bond acceptors (Lipinski definition) is 4. The Balaban J connectivity index is 2.08. The van der Waals surface area contributed by atoms with Gasteiger partial charge in [-0.15, -0.1) is 0 Å². The number of benzene rings is 1. The zero-order valence-corrected chi connectivity index (χ0v) is 19.4. The first kappa shape index (κ1) is 23.0. The summed E-state index contributed by atoms with van der Waals surface area (Å²) in [5.41, 5.74) is 3.73. The number of likely N-dealkylation sites (N-methyl/N-ethyl adjacent to an activating group) is 1. The first-order valence-electron chi connectivity index (χ1n) is 10.8. The summed E-state index contributed by atoms with van der Waals surface area (Å²) in [6, 6.07) is 5.73. The molecule has 168 valence electrons. The number of aromatic nitrogens is 2. The second kappa shape index (κ2) is 8.80. The molecule has 1 aliphatic rings. The van der Waals surface area contributed by atoms with E-state index in [1.807, 2.05) is 70.3 Å². The fourth-order valence-corrected chi connectivity index (χ4v) is 4.52. The normalized spacial score (nSPS) is 22.9. The maximum atomic E-state index is 12.7. The van der Waals surface area contributed by atoms with E-state index < -0.39 is 6.09 Å². The van der Waals surface area contributed by atoms with E-state index in [1.54, 1.807) is 6.92 Å². The van der Waals surface area contributed by atoms with Gasteiger partial charge in [0.1, 0.15) is 5.69 Å². The molecule has 2 heterocycles. The highest BCUT2D eigenvalue weighted by atomic mass is 16.4. The molecule has 31 heavy (non-hydrogen) atoms. The predicted molar refractivity (Wildman–Crippen MR) is 122 cm³/mol. The highest BCUT2D eigenvalue weighted by molar-refractivity contribution is 5.89. The molecule has 0 saturated heterocycles. The van der Waals surface area contributed by atoms with E-state index in [-0.39, 0.29) is 22.5 Å². The number of amides is 2. The average Bonchev–Trinajstić information content (AvgIpc) is 3.19. The van der Waals surface area contributed by atoms with Crippen molar-refractivity contribution in [3.05, 3.63) is 36.2 Å². The van der Waals surface area contributed by atoms with Crippen LogP contribution in [-0.4, -0.2) is 77.0 Å². The monoisotopic (exact) mass is 428 g/mol. The number of rotatable bonds is 6. The third-order valence-corrected chi connectivity index (χ3v) is 6.69. The van der Waals surface area contributed by atoms with Crippen molar-refractivity contribution in [3.8, 4) is 11.1 Å². The van der Waals surface area contributed by atoms with E-state index in [4.69, 9.17) is 0 Å². The van der Waals surface area contributed by atoms with Crippen LogP contribution in [0.25, 0.3) is 11.1 Å². The van der Waals surface area contributed by atoms with Crippen LogP contribution in [0.2, 0.25) is 0 Å². The van der Waals surface area contributed by atoms with Gasteiger partial charge in [0.05, 0.1) is 38.8 Å². The molecule has 0 fully saturated rings. The molecule has 1 aromatic heterocycles. The Morgan fingerprint density at radius 2 is 2.00 bits per heavy atom. The quantitative estimate of drug-likeness (QED) is 0.713. The van der Waals surface area contributed by atoms with Crippen LogP contribution >= 0.6 is 0 Å². The fraction of sp³-hybridized carbons (Fsp3) is 0.522. The molecule has 2 amide bonds. The number of fused-ring (bicyclic) bond motifs is 1. The number of carboxylic acid groups (broad SMARTS) is 1. The third kappa shape index (κ3) is 4.22. The Kier molecular flexibility index (Phi) is 6.52. The van der Waals surface area contributed by atoms with Crippen LogP contribution in [0.3, 0.4) is 0 Å². The van der Waals surface area contributed by atoms with Crippen molar-refractivity contribution in [1.82, 2.24) is 24.1 Å². The Hall–Kier alpha value is -2.71. The first-order chi connectivity index (χ1) is 14.6. The smallest absolute Gasteiger partial charge is 0.407 e. The van der Waals surface area contributed by atoms with Gasteiger partial charge in [0.25, 0.3) is 0 Å². The van der Waals surface area contributed by atoms with Gasteiger partial charge in [-0.05, 0) is 45.6 Å². The van der Waals surface area contributed by atoms with Gasteiger partial charge in [0.15, 0.2) is 0 Å². The molecule has 0 spiro atoms. The van der Waals surface area contributed by atoms with Crippen LogP contribution in [0.5, 0.6) is 0 Å². The topological polar surface area (TPSA) is 78.7 Å². The number of quaternary nitrogens is 1. The van der Waals surface area contributed by atoms with Crippen LogP contribution < -0.4 is 4.48 Å². The Labute approximate surface area is 184 Å². The summed E-state index contributed by atoms with van der Waals surface area (Å²) in [4.78, 5) is 28.2. The fourth-order valence-electron chi connectivity index (χ4n) is 4.52. The minimum Gasteiger partial charge on any atom is -0.465 e. The van der Waals surface area contributed by atoms with Crippen molar-refractivity contribution in [2.75, 3.05) is 34.2 Å². The SMILES string of the molecule is CCN(C(=O)O)C1C[C@H](C)[N@+](C)(C(C)=O)c2ccc(-c3cnn(CCN(C)C)c3)cc21. The average molecular weight is 429 g/mol. The molecule has 8 heteroatoms. The minimum atomic E-state index is -0.938. The minimum absolute atomic E-state index is 0.0250. The van der Waals surface area contributed by atoms with Crippen molar-refractivity contribution in [3.63, 3.8) is 0 Å². The number of hydrogen-bond donors (Lipinski definition) is 1. The first-order valence-corrected chi connectivity index (χ1v) is 10.8.